The Balaban J connectivity index is 2.05. The maximum atomic E-state index is 12.8. The van der Waals surface area contributed by atoms with Crippen LogP contribution in [0.25, 0.3) is 0 Å². The first-order chi connectivity index (χ1) is 16.6. The molecule has 2 rings (SSSR count). The monoisotopic (exact) mass is 516 g/mol. The van der Waals surface area contributed by atoms with Crippen LogP contribution in [0.4, 0.5) is 18.9 Å². The number of nitrogens with zero attached hydrogens (tertiary/aromatic N) is 1. The van der Waals surface area contributed by atoms with E-state index in [0.29, 0.717) is 18.9 Å². The number of amides is 1. The lowest BCUT2D eigenvalue weighted by atomic mass is 10.1. The van der Waals surface area contributed by atoms with E-state index in [1.165, 1.54) is 6.07 Å². The molecule has 0 radical (unpaired) electrons. The summed E-state index contributed by atoms with van der Waals surface area (Å²) >= 11 is 5.84. The minimum Gasteiger partial charge on any atom is -0.491 e. The SMILES string of the molecule is CCOC(=O)c1cc(NC(=O)COc2ccc(C(F)(F)F)cc2Cl)ccc1OCCN(CC)CC. The molecule has 1 N–H and O–H groups in total. The number of hydrogen-bond acceptors (Lipinski definition) is 6. The van der Waals surface area contributed by atoms with E-state index >= 15 is 0 Å². The second-order valence-electron chi connectivity index (χ2n) is 7.29. The summed E-state index contributed by atoms with van der Waals surface area (Å²) < 4.78 is 54.4. The summed E-state index contributed by atoms with van der Waals surface area (Å²) in [4.78, 5) is 26.9. The van der Waals surface area contributed by atoms with Crippen molar-refractivity contribution >= 4 is 29.2 Å². The van der Waals surface area contributed by atoms with E-state index in [0.717, 1.165) is 31.3 Å². The fourth-order valence-corrected chi connectivity index (χ4v) is 3.30. The fourth-order valence-electron chi connectivity index (χ4n) is 3.06. The number of rotatable bonds is 12. The molecule has 0 aromatic heterocycles. The average Bonchev–Trinajstić information content (AvgIpc) is 2.81. The van der Waals surface area contributed by atoms with Gasteiger partial charge in [0.2, 0.25) is 0 Å². The van der Waals surface area contributed by atoms with E-state index in [2.05, 4.69) is 10.2 Å². The lowest BCUT2D eigenvalue weighted by Crippen LogP contribution is -2.28. The number of esters is 1. The minimum absolute atomic E-state index is 0.0704. The normalized spacial score (nSPS) is 11.3. The van der Waals surface area contributed by atoms with Crippen LogP contribution in [0.2, 0.25) is 5.02 Å². The molecule has 0 aliphatic heterocycles. The fraction of sp³-hybridized carbons (Fsp3) is 0.417. The standard InChI is InChI=1S/C24H28ClF3N2O5/c1-4-30(5-2)11-12-34-20-10-8-17(14-18(20)23(32)33-6-3)29-22(31)15-35-21-9-7-16(13-19(21)25)24(26,27)28/h7-10,13-14H,4-6,11-12,15H2,1-3H3,(H,29,31). The van der Waals surface area contributed by atoms with Gasteiger partial charge in [0.05, 0.1) is 17.2 Å². The van der Waals surface area contributed by atoms with Crippen molar-refractivity contribution in [2.45, 2.75) is 26.9 Å². The third-order valence-corrected chi connectivity index (χ3v) is 5.23. The lowest BCUT2D eigenvalue weighted by molar-refractivity contribution is -0.137. The highest BCUT2D eigenvalue weighted by molar-refractivity contribution is 6.32. The highest BCUT2D eigenvalue weighted by Crippen LogP contribution is 2.34. The summed E-state index contributed by atoms with van der Waals surface area (Å²) in [6.07, 6.45) is -4.54. The molecule has 0 aliphatic carbocycles. The van der Waals surface area contributed by atoms with Gasteiger partial charge in [0.15, 0.2) is 6.61 Å². The Morgan fingerprint density at radius 3 is 2.29 bits per heavy atom. The number of benzene rings is 2. The molecule has 0 fully saturated rings. The zero-order valence-corrected chi connectivity index (χ0v) is 20.5. The van der Waals surface area contributed by atoms with Crippen molar-refractivity contribution in [3.05, 3.63) is 52.5 Å². The van der Waals surface area contributed by atoms with Gasteiger partial charge in [0, 0.05) is 12.2 Å². The van der Waals surface area contributed by atoms with Crippen molar-refractivity contribution in [2.24, 2.45) is 0 Å². The van der Waals surface area contributed by atoms with Crippen LogP contribution >= 0.6 is 11.6 Å². The molecule has 11 heteroatoms. The lowest BCUT2D eigenvalue weighted by Gasteiger charge is -2.19. The van der Waals surface area contributed by atoms with Crippen molar-refractivity contribution in [1.29, 1.82) is 0 Å². The van der Waals surface area contributed by atoms with E-state index < -0.39 is 30.2 Å². The Bertz CT molecular complexity index is 1010. The van der Waals surface area contributed by atoms with Crippen LogP contribution in [0, 0.1) is 0 Å². The molecule has 35 heavy (non-hydrogen) atoms. The molecule has 0 aliphatic rings. The molecule has 0 saturated heterocycles. The summed E-state index contributed by atoms with van der Waals surface area (Å²) in [5.74, 6) is -0.958. The zero-order valence-electron chi connectivity index (χ0n) is 19.7. The summed E-state index contributed by atoms with van der Waals surface area (Å²) in [7, 11) is 0. The van der Waals surface area contributed by atoms with E-state index in [1.807, 2.05) is 13.8 Å². The predicted octanol–water partition coefficient (Wildman–Crippen LogP) is 5.27. The second kappa shape index (κ2) is 13.2. The van der Waals surface area contributed by atoms with Crippen LogP contribution in [0.15, 0.2) is 36.4 Å². The van der Waals surface area contributed by atoms with Crippen molar-refractivity contribution in [2.75, 3.05) is 44.8 Å². The van der Waals surface area contributed by atoms with Gasteiger partial charge in [0.25, 0.3) is 5.91 Å². The molecule has 0 spiro atoms. The van der Waals surface area contributed by atoms with Gasteiger partial charge in [-0.3, -0.25) is 4.79 Å². The number of carbonyl (C=O) groups is 2. The summed E-state index contributed by atoms with van der Waals surface area (Å²) in [6.45, 7) is 8.19. The first kappa shape index (κ1) is 28.3. The summed E-state index contributed by atoms with van der Waals surface area (Å²) in [6, 6.07) is 7.11. The Morgan fingerprint density at radius 1 is 1.00 bits per heavy atom. The number of anilines is 1. The van der Waals surface area contributed by atoms with Crippen molar-refractivity contribution in [3.63, 3.8) is 0 Å². The van der Waals surface area contributed by atoms with Gasteiger partial charge in [-0.15, -0.1) is 0 Å². The molecule has 0 saturated carbocycles. The topological polar surface area (TPSA) is 77.1 Å². The van der Waals surface area contributed by atoms with Gasteiger partial charge in [-0.05, 0) is 56.4 Å². The van der Waals surface area contributed by atoms with Crippen LogP contribution in [-0.2, 0) is 15.7 Å². The van der Waals surface area contributed by atoms with Gasteiger partial charge >= 0.3 is 12.1 Å². The maximum Gasteiger partial charge on any atom is 0.416 e. The molecule has 0 heterocycles. The van der Waals surface area contributed by atoms with Gasteiger partial charge in [-0.25, -0.2) is 4.79 Å². The molecule has 7 nitrogen and oxygen atoms in total. The van der Waals surface area contributed by atoms with Crippen molar-refractivity contribution in [1.82, 2.24) is 4.90 Å². The number of alkyl halides is 3. The third-order valence-electron chi connectivity index (χ3n) is 4.94. The first-order valence-corrected chi connectivity index (χ1v) is 11.4. The summed E-state index contributed by atoms with van der Waals surface area (Å²) in [5.41, 5.74) is -0.489. The molecule has 0 unspecified atom stereocenters. The number of hydrogen-bond donors (Lipinski definition) is 1. The Kier molecular flexibility index (Phi) is 10.7. The van der Waals surface area contributed by atoms with Crippen LogP contribution in [0.1, 0.15) is 36.7 Å². The van der Waals surface area contributed by atoms with Crippen molar-refractivity contribution in [3.8, 4) is 11.5 Å². The van der Waals surface area contributed by atoms with Gasteiger partial charge in [0.1, 0.15) is 23.7 Å². The average molecular weight is 517 g/mol. The quantitative estimate of drug-likeness (QED) is 0.387. The van der Waals surface area contributed by atoms with E-state index in [4.69, 9.17) is 25.8 Å². The molecule has 192 valence electrons. The number of halogens is 4. The molecule has 1 amide bonds. The Hall–Kier alpha value is -2.98. The van der Waals surface area contributed by atoms with E-state index in [-0.39, 0.29) is 28.6 Å². The molecular weight excluding hydrogens is 489 g/mol. The highest BCUT2D eigenvalue weighted by Gasteiger charge is 2.31. The highest BCUT2D eigenvalue weighted by atomic mass is 35.5. The van der Waals surface area contributed by atoms with Gasteiger partial charge in [-0.2, -0.15) is 13.2 Å². The maximum absolute atomic E-state index is 12.8. The Labute approximate surface area is 207 Å². The smallest absolute Gasteiger partial charge is 0.416 e. The van der Waals surface area contributed by atoms with Crippen LogP contribution < -0.4 is 14.8 Å². The minimum atomic E-state index is -4.54. The Morgan fingerprint density at radius 2 is 1.69 bits per heavy atom. The molecule has 2 aromatic rings. The van der Waals surface area contributed by atoms with E-state index in [1.54, 1.807) is 19.1 Å². The third kappa shape index (κ3) is 8.63. The number of ether oxygens (including phenoxy) is 3. The largest absolute Gasteiger partial charge is 0.491 e. The van der Waals surface area contributed by atoms with Crippen molar-refractivity contribution < 1.29 is 37.0 Å². The van der Waals surface area contributed by atoms with Crippen LogP contribution in [0.3, 0.4) is 0 Å². The number of carbonyl (C=O) groups excluding carboxylic acids is 2. The summed E-state index contributed by atoms with van der Waals surface area (Å²) in [5, 5.41) is 2.29. The molecular formula is C24H28ClF3N2O5. The number of nitrogens with one attached hydrogen (secondary N) is 1. The molecule has 2 aromatic carbocycles. The van der Waals surface area contributed by atoms with E-state index in [9.17, 15) is 22.8 Å². The number of likely N-dealkylation sites (N-methyl/N-ethyl adjacent to an activating group) is 1. The molecule has 0 atom stereocenters. The van der Waals surface area contributed by atoms with Crippen LogP contribution in [-0.4, -0.2) is 56.2 Å². The first-order valence-electron chi connectivity index (χ1n) is 11.0. The van der Waals surface area contributed by atoms with Crippen LogP contribution in [0.5, 0.6) is 11.5 Å². The predicted molar refractivity (Wildman–Crippen MR) is 126 cm³/mol. The second-order valence-corrected chi connectivity index (χ2v) is 7.69. The molecule has 0 bridgehead atoms. The zero-order chi connectivity index (χ0) is 26.0. The van der Waals surface area contributed by atoms with Gasteiger partial charge < -0.3 is 24.4 Å². The van der Waals surface area contributed by atoms with Gasteiger partial charge in [-0.1, -0.05) is 25.4 Å².